The van der Waals surface area contributed by atoms with Crippen molar-refractivity contribution in [1.29, 1.82) is 0 Å². The van der Waals surface area contributed by atoms with E-state index in [4.69, 9.17) is 5.73 Å². The highest BCUT2D eigenvalue weighted by molar-refractivity contribution is 7.13. The van der Waals surface area contributed by atoms with E-state index in [-0.39, 0.29) is 6.04 Å². The minimum absolute atomic E-state index is 0.177. The monoisotopic (exact) mass is 290 g/mol. The van der Waals surface area contributed by atoms with E-state index < -0.39 is 0 Å². The summed E-state index contributed by atoms with van der Waals surface area (Å²) >= 11 is 1.69. The van der Waals surface area contributed by atoms with Crippen molar-refractivity contribution in [2.45, 2.75) is 6.04 Å². The Labute approximate surface area is 122 Å². The molecular weight excluding hydrogens is 272 g/mol. The Balaban J connectivity index is 1.65. The van der Waals surface area contributed by atoms with Crippen LogP contribution in [0.5, 0.6) is 0 Å². The van der Waals surface area contributed by atoms with Crippen molar-refractivity contribution < 1.29 is 0 Å². The van der Waals surface area contributed by atoms with Gasteiger partial charge in [0.05, 0.1) is 11.7 Å². The smallest absolute Gasteiger partial charge is 0.185 e. The Morgan fingerprint density at radius 3 is 2.65 bits per heavy atom. The molecule has 1 unspecified atom stereocenters. The zero-order valence-corrected chi connectivity index (χ0v) is 12.0. The van der Waals surface area contributed by atoms with Crippen LogP contribution in [-0.2, 0) is 0 Å². The molecule has 1 aliphatic rings. The first-order valence-electron chi connectivity index (χ1n) is 6.73. The molecule has 2 aromatic heterocycles. The Morgan fingerprint density at radius 2 is 2.05 bits per heavy atom. The second-order valence-corrected chi connectivity index (χ2v) is 5.60. The molecule has 0 aromatic carbocycles. The highest BCUT2D eigenvalue weighted by atomic mass is 32.1. The van der Waals surface area contributed by atoms with E-state index in [0.717, 1.165) is 37.0 Å². The second-order valence-electron chi connectivity index (χ2n) is 4.72. The van der Waals surface area contributed by atoms with Crippen LogP contribution in [0.1, 0.15) is 11.7 Å². The summed E-state index contributed by atoms with van der Waals surface area (Å²) in [5.74, 6) is 0. The van der Waals surface area contributed by atoms with Gasteiger partial charge in [-0.2, -0.15) is 0 Å². The van der Waals surface area contributed by atoms with Gasteiger partial charge in [-0.1, -0.05) is 0 Å². The third-order valence-electron chi connectivity index (χ3n) is 3.61. The number of thiazole rings is 1. The molecule has 0 spiro atoms. The van der Waals surface area contributed by atoms with Crippen LogP contribution in [-0.4, -0.2) is 52.6 Å². The molecule has 1 aliphatic heterocycles. The quantitative estimate of drug-likeness (QED) is 0.896. The van der Waals surface area contributed by atoms with E-state index in [1.807, 2.05) is 17.6 Å². The maximum atomic E-state index is 5.94. The highest BCUT2D eigenvalue weighted by Gasteiger charge is 2.25. The van der Waals surface area contributed by atoms with Gasteiger partial charge in [0.15, 0.2) is 5.13 Å². The highest BCUT2D eigenvalue weighted by Crippen LogP contribution is 2.23. The normalized spacial score (nSPS) is 18.1. The van der Waals surface area contributed by atoms with Gasteiger partial charge in [-0.25, -0.2) is 15.0 Å². The van der Waals surface area contributed by atoms with Crippen LogP contribution >= 0.6 is 11.3 Å². The summed E-state index contributed by atoms with van der Waals surface area (Å²) in [7, 11) is 0. The molecule has 1 saturated heterocycles. The SMILES string of the molecule is NCC(c1ccncn1)N1CCN(c2nccs2)CC1. The summed E-state index contributed by atoms with van der Waals surface area (Å²) in [5, 5.41) is 3.13. The number of aromatic nitrogens is 3. The number of hydrogen-bond donors (Lipinski definition) is 1. The molecule has 3 rings (SSSR count). The van der Waals surface area contributed by atoms with Crippen LogP contribution in [0, 0.1) is 0 Å². The van der Waals surface area contributed by atoms with E-state index >= 15 is 0 Å². The second kappa shape index (κ2) is 6.25. The fraction of sp³-hybridized carbons (Fsp3) is 0.462. The molecule has 0 saturated carbocycles. The van der Waals surface area contributed by atoms with Gasteiger partial charge in [-0.15, -0.1) is 11.3 Å². The molecule has 0 radical (unpaired) electrons. The van der Waals surface area contributed by atoms with E-state index in [9.17, 15) is 0 Å². The fourth-order valence-corrected chi connectivity index (χ4v) is 3.25. The third-order valence-corrected chi connectivity index (χ3v) is 4.45. The Bertz CT molecular complexity index is 509. The molecule has 6 nitrogen and oxygen atoms in total. The number of piperazine rings is 1. The molecular formula is C13H18N6S. The number of rotatable bonds is 4. The van der Waals surface area contributed by atoms with Crippen LogP contribution in [0.2, 0.25) is 0 Å². The first kappa shape index (κ1) is 13.4. The zero-order valence-electron chi connectivity index (χ0n) is 11.2. The molecule has 0 aliphatic carbocycles. The molecule has 1 atom stereocenters. The predicted molar refractivity (Wildman–Crippen MR) is 79.7 cm³/mol. The lowest BCUT2D eigenvalue weighted by Crippen LogP contribution is -2.49. The summed E-state index contributed by atoms with van der Waals surface area (Å²) in [5.41, 5.74) is 6.94. The van der Waals surface area contributed by atoms with E-state index in [1.165, 1.54) is 0 Å². The van der Waals surface area contributed by atoms with Crippen molar-refractivity contribution in [3.63, 3.8) is 0 Å². The van der Waals surface area contributed by atoms with Crippen LogP contribution in [0.25, 0.3) is 0 Å². The molecule has 1 fully saturated rings. The lowest BCUT2D eigenvalue weighted by atomic mass is 10.1. The van der Waals surface area contributed by atoms with Crippen molar-refractivity contribution in [3.8, 4) is 0 Å². The van der Waals surface area contributed by atoms with Gasteiger partial charge in [0.1, 0.15) is 6.33 Å². The first-order valence-corrected chi connectivity index (χ1v) is 7.61. The molecule has 0 amide bonds. The van der Waals surface area contributed by atoms with Crippen molar-refractivity contribution >= 4 is 16.5 Å². The summed E-state index contributed by atoms with van der Waals surface area (Å²) in [4.78, 5) is 17.4. The van der Waals surface area contributed by atoms with Gasteiger partial charge >= 0.3 is 0 Å². The lowest BCUT2D eigenvalue weighted by molar-refractivity contribution is 0.186. The van der Waals surface area contributed by atoms with Crippen LogP contribution in [0.15, 0.2) is 30.2 Å². The van der Waals surface area contributed by atoms with Gasteiger partial charge < -0.3 is 10.6 Å². The summed E-state index contributed by atoms with van der Waals surface area (Å²) in [6.07, 6.45) is 5.22. The van der Waals surface area contributed by atoms with Crippen LogP contribution < -0.4 is 10.6 Å². The Hall–Kier alpha value is -1.57. The molecule has 2 N–H and O–H groups in total. The van der Waals surface area contributed by atoms with E-state index in [0.29, 0.717) is 6.54 Å². The molecule has 106 valence electrons. The average Bonchev–Trinajstić information content (AvgIpc) is 3.04. The van der Waals surface area contributed by atoms with Crippen molar-refractivity contribution in [3.05, 3.63) is 35.9 Å². The summed E-state index contributed by atoms with van der Waals surface area (Å²) < 4.78 is 0. The Morgan fingerprint density at radius 1 is 1.20 bits per heavy atom. The van der Waals surface area contributed by atoms with Gasteiger partial charge in [0.2, 0.25) is 0 Å². The number of nitrogens with two attached hydrogens (primary N) is 1. The van der Waals surface area contributed by atoms with Crippen molar-refractivity contribution in [2.75, 3.05) is 37.6 Å². The molecule has 20 heavy (non-hydrogen) atoms. The standard InChI is InChI=1S/C13H18N6S/c14-9-12(11-1-2-15-10-17-11)18-4-6-19(7-5-18)13-16-3-8-20-13/h1-3,8,10,12H,4-7,9,14H2. The van der Waals surface area contributed by atoms with Crippen LogP contribution in [0.3, 0.4) is 0 Å². The summed E-state index contributed by atoms with van der Waals surface area (Å²) in [6.45, 7) is 4.50. The fourth-order valence-electron chi connectivity index (χ4n) is 2.55. The minimum atomic E-state index is 0.177. The van der Waals surface area contributed by atoms with Crippen LogP contribution in [0.4, 0.5) is 5.13 Å². The van der Waals surface area contributed by atoms with Gasteiger partial charge in [-0.05, 0) is 6.07 Å². The first-order chi connectivity index (χ1) is 9.88. The Kier molecular flexibility index (Phi) is 4.19. The molecule has 0 bridgehead atoms. The molecule has 2 aromatic rings. The summed E-state index contributed by atoms with van der Waals surface area (Å²) in [6, 6.07) is 2.13. The van der Waals surface area contributed by atoms with E-state index in [2.05, 4.69) is 24.8 Å². The molecule has 3 heterocycles. The van der Waals surface area contributed by atoms with Gasteiger partial charge in [-0.3, -0.25) is 4.90 Å². The largest absolute Gasteiger partial charge is 0.346 e. The number of hydrogen-bond acceptors (Lipinski definition) is 7. The maximum absolute atomic E-state index is 5.94. The van der Waals surface area contributed by atoms with Gasteiger partial charge in [0.25, 0.3) is 0 Å². The molecule has 7 heteroatoms. The van der Waals surface area contributed by atoms with Gasteiger partial charge in [0, 0.05) is 50.5 Å². The van der Waals surface area contributed by atoms with E-state index in [1.54, 1.807) is 23.9 Å². The topological polar surface area (TPSA) is 71.2 Å². The maximum Gasteiger partial charge on any atom is 0.185 e. The average molecular weight is 290 g/mol. The number of nitrogens with zero attached hydrogens (tertiary/aromatic N) is 5. The number of anilines is 1. The lowest BCUT2D eigenvalue weighted by Gasteiger charge is -2.38. The van der Waals surface area contributed by atoms with Crippen molar-refractivity contribution in [2.24, 2.45) is 5.73 Å². The van der Waals surface area contributed by atoms with Crippen molar-refractivity contribution in [1.82, 2.24) is 19.9 Å². The predicted octanol–water partition coefficient (Wildman–Crippen LogP) is 0.755. The zero-order chi connectivity index (χ0) is 13.8. The minimum Gasteiger partial charge on any atom is -0.346 e. The third kappa shape index (κ3) is 2.79.